The molecule has 3 heteroatoms. The summed E-state index contributed by atoms with van der Waals surface area (Å²) >= 11 is 0. The number of pyridine rings is 1. The Morgan fingerprint density at radius 1 is 0.923 bits per heavy atom. The van der Waals surface area contributed by atoms with E-state index >= 15 is 0 Å². The van der Waals surface area contributed by atoms with Crippen LogP contribution in [0, 0.1) is 20.8 Å². The van der Waals surface area contributed by atoms with E-state index in [1.807, 2.05) is 17.0 Å². The summed E-state index contributed by atoms with van der Waals surface area (Å²) in [5.74, 6) is 0.130. The molecule has 0 radical (unpaired) electrons. The van der Waals surface area contributed by atoms with Crippen LogP contribution in [0.1, 0.15) is 39.9 Å². The number of amides is 1. The van der Waals surface area contributed by atoms with E-state index < -0.39 is 0 Å². The Morgan fingerprint density at radius 2 is 1.69 bits per heavy atom. The van der Waals surface area contributed by atoms with Gasteiger partial charge in [0.15, 0.2) is 0 Å². The van der Waals surface area contributed by atoms with Crippen molar-refractivity contribution in [1.29, 1.82) is 0 Å². The van der Waals surface area contributed by atoms with Crippen molar-refractivity contribution >= 4 is 16.8 Å². The van der Waals surface area contributed by atoms with Gasteiger partial charge in [-0.15, -0.1) is 0 Å². The van der Waals surface area contributed by atoms with Crippen molar-refractivity contribution in [3.8, 4) is 11.3 Å². The normalized spacial score (nSPS) is 14.2. The summed E-state index contributed by atoms with van der Waals surface area (Å²) in [4.78, 5) is 20.0. The van der Waals surface area contributed by atoms with Gasteiger partial charge in [-0.2, -0.15) is 0 Å². The van der Waals surface area contributed by atoms with Crippen LogP contribution in [-0.2, 0) is 0 Å². The molecule has 26 heavy (non-hydrogen) atoms. The first kappa shape index (κ1) is 16.8. The third-order valence-corrected chi connectivity index (χ3v) is 5.39. The average molecular weight is 344 g/mol. The monoisotopic (exact) mass is 344 g/mol. The number of benzene rings is 2. The first-order valence-electron chi connectivity index (χ1n) is 9.31. The van der Waals surface area contributed by atoms with Crippen molar-refractivity contribution in [2.45, 2.75) is 33.6 Å². The Hall–Kier alpha value is -2.68. The summed E-state index contributed by atoms with van der Waals surface area (Å²) in [7, 11) is 0. The van der Waals surface area contributed by atoms with Gasteiger partial charge in [0.2, 0.25) is 0 Å². The van der Waals surface area contributed by atoms with E-state index in [0.29, 0.717) is 0 Å². The molecule has 0 saturated carbocycles. The Balaban J connectivity index is 1.91. The third kappa shape index (κ3) is 2.98. The lowest BCUT2D eigenvalue weighted by atomic mass is 9.99. The number of carbonyl (C=O) groups excluding carboxylic acids is 1. The van der Waals surface area contributed by atoms with Crippen molar-refractivity contribution in [2.24, 2.45) is 0 Å². The molecule has 1 aliphatic rings. The van der Waals surface area contributed by atoms with Gasteiger partial charge in [-0.3, -0.25) is 4.79 Å². The Morgan fingerprint density at radius 3 is 2.42 bits per heavy atom. The van der Waals surface area contributed by atoms with Crippen LogP contribution in [0.25, 0.3) is 22.2 Å². The molecule has 2 aromatic carbocycles. The maximum atomic E-state index is 13.2. The molecule has 4 rings (SSSR count). The van der Waals surface area contributed by atoms with Gasteiger partial charge in [-0.05, 0) is 69.0 Å². The van der Waals surface area contributed by atoms with Crippen LogP contribution in [0.5, 0.6) is 0 Å². The molecule has 0 atom stereocenters. The lowest BCUT2D eigenvalue weighted by molar-refractivity contribution is 0.0794. The van der Waals surface area contributed by atoms with Gasteiger partial charge in [0, 0.05) is 24.0 Å². The van der Waals surface area contributed by atoms with E-state index in [-0.39, 0.29) is 5.91 Å². The zero-order valence-corrected chi connectivity index (χ0v) is 15.7. The molecule has 0 N–H and O–H groups in total. The summed E-state index contributed by atoms with van der Waals surface area (Å²) in [5, 5.41) is 0.953. The smallest absolute Gasteiger partial charge is 0.254 e. The van der Waals surface area contributed by atoms with Crippen LogP contribution < -0.4 is 0 Å². The molecule has 1 aromatic heterocycles. The van der Waals surface area contributed by atoms with Gasteiger partial charge in [0.1, 0.15) is 0 Å². The zero-order chi connectivity index (χ0) is 18.3. The van der Waals surface area contributed by atoms with E-state index in [4.69, 9.17) is 4.98 Å². The number of carbonyl (C=O) groups is 1. The van der Waals surface area contributed by atoms with Crippen LogP contribution in [-0.4, -0.2) is 28.9 Å². The standard InChI is InChI=1S/C23H24N2O/c1-15-6-9-21-19(12-15)20(23(26)25-10-4-5-11-25)14-22(24-21)18-8-7-16(2)17(3)13-18/h6-9,12-14H,4-5,10-11H2,1-3H3. The van der Waals surface area contributed by atoms with Crippen LogP contribution in [0.4, 0.5) is 0 Å². The molecule has 1 aliphatic heterocycles. The second-order valence-electron chi connectivity index (χ2n) is 7.37. The van der Waals surface area contributed by atoms with E-state index in [1.165, 1.54) is 11.1 Å². The number of hydrogen-bond donors (Lipinski definition) is 0. The molecule has 1 saturated heterocycles. The minimum absolute atomic E-state index is 0.130. The van der Waals surface area contributed by atoms with Crippen LogP contribution in [0.15, 0.2) is 42.5 Å². The summed E-state index contributed by atoms with van der Waals surface area (Å²) in [5.41, 5.74) is 7.23. The predicted molar refractivity (Wildman–Crippen MR) is 107 cm³/mol. The van der Waals surface area contributed by atoms with Gasteiger partial charge in [-0.25, -0.2) is 4.98 Å². The first-order chi connectivity index (χ1) is 12.5. The summed E-state index contributed by atoms with van der Waals surface area (Å²) in [6, 6.07) is 14.5. The highest BCUT2D eigenvalue weighted by Gasteiger charge is 2.22. The van der Waals surface area contributed by atoms with E-state index in [0.717, 1.165) is 59.2 Å². The molecular formula is C23H24N2O. The topological polar surface area (TPSA) is 33.2 Å². The Kier molecular flexibility index (Phi) is 4.23. The molecule has 2 heterocycles. The minimum Gasteiger partial charge on any atom is -0.339 e. The van der Waals surface area contributed by atoms with Gasteiger partial charge < -0.3 is 4.90 Å². The average Bonchev–Trinajstić information content (AvgIpc) is 3.17. The fourth-order valence-corrected chi connectivity index (χ4v) is 3.66. The van der Waals surface area contributed by atoms with E-state index in [1.54, 1.807) is 0 Å². The van der Waals surface area contributed by atoms with Crippen molar-refractivity contribution in [3.05, 3.63) is 64.7 Å². The summed E-state index contributed by atoms with van der Waals surface area (Å²) < 4.78 is 0. The van der Waals surface area contributed by atoms with Crippen molar-refractivity contribution in [3.63, 3.8) is 0 Å². The maximum absolute atomic E-state index is 13.2. The predicted octanol–water partition coefficient (Wildman–Crippen LogP) is 5.06. The number of likely N-dealkylation sites (tertiary alicyclic amines) is 1. The van der Waals surface area contributed by atoms with Crippen LogP contribution in [0.3, 0.4) is 0 Å². The largest absolute Gasteiger partial charge is 0.339 e. The van der Waals surface area contributed by atoms with E-state index in [2.05, 4.69) is 51.1 Å². The molecule has 0 aliphatic carbocycles. The lowest BCUT2D eigenvalue weighted by Gasteiger charge is -2.18. The number of fused-ring (bicyclic) bond motifs is 1. The van der Waals surface area contributed by atoms with Gasteiger partial charge >= 0.3 is 0 Å². The molecular weight excluding hydrogens is 320 g/mol. The highest BCUT2D eigenvalue weighted by Crippen LogP contribution is 2.28. The molecule has 3 aromatic rings. The summed E-state index contributed by atoms with van der Waals surface area (Å²) in [6.07, 6.45) is 2.19. The van der Waals surface area contributed by atoms with Crippen molar-refractivity contribution in [2.75, 3.05) is 13.1 Å². The van der Waals surface area contributed by atoms with Crippen LogP contribution >= 0.6 is 0 Å². The third-order valence-electron chi connectivity index (χ3n) is 5.39. The molecule has 0 spiro atoms. The Bertz CT molecular complexity index is 1000. The molecule has 0 unspecified atom stereocenters. The lowest BCUT2D eigenvalue weighted by Crippen LogP contribution is -2.27. The second-order valence-corrected chi connectivity index (χ2v) is 7.37. The number of rotatable bonds is 2. The Labute approximate surface area is 154 Å². The number of aromatic nitrogens is 1. The van der Waals surface area contributed by atoms with Gasteiger partial charge in [0.25, 0.3) is 5.91 Å². The molecule has 1 amide bonds. The fourth-order valence-electron chi connectivity index (χ4n) is 3.66. The maximum Gasteiger partial charge on any atom is 0.254 e. The molecule has 1 fully saturated rings. The SMILES string of the molecule is Cc1ccc2nc(-c3ccc(C)c(C)c3)cc(C(=O)N3CCCC3)c2c1. The number of aryl methyl sites for hydroxylation is 3. The number of nitrogens with zero attached hydrogens (tertiary/aromatic N) is 2. The summed E-state index contributed by atoms with van der Waals surface area (Å²) in [6.45, 7) is 7.99. The molecule has 132 valence electrons. The van der Waals surface area contributed by atoms with Gasteiger partial charge in [-0.1, -0.05) is 23.8 Å². The van der Waals surface area contributed by atoms with Gasteiger partial charge in [0.05, 0.1) is 16.8 Å². The molecule has 0 bridgehead atoms. The molecule has 3 nitrogen and oxygen atoms in total. The quantitative estimate of drug-likeness (QED) is 0.651. The van der Waals surface area contributed by atoms with E-state index in [9.17, 15) is 4.79 Å². The van der Waals surface area contributed by atoms with Crippen molar-refractivity contribution < 1.29 is 4.79 Å². The highest BCUT2D eigenvalue weighted by atomic mass is 16.2. The zero-order valence-electron chi connectivity index (χ0n) is 15.7. The highest BCUT2D eigenvalue weighted by molar-refractivity contribution is 6.07. The van der Waals surface area contributed by atoms with Crippen LogP contribution in [0.2, 0.25) is 0 Å². The number of hydrogen-bond acceptors (Lipinski definition) is 2. The minimum atomic E-state index is 0.130. The first-order valence-corrected chi connectivity index (χ1v) is 9.31. The van der Waals surface area contributed by atoms with Crippen molar-refractivity contribution in [1.82, 2.24) is 9.88 Å². The fraction of sp³-hybridized carbons (Fsp3) is 0.304. The second kappa shape index (κ2) is 6.56.